The van der Waals surface area contributed by atoms with Crippen molar-refractivity contribution in [1.82, 2.24) is 20.5 Å². The first-order valence-electron chi connectivity index (χ1n) is 6.74. The molecule has 21 heavy (non-hydrogen) atoms. The fourth-order valence-electron chi connectivity index (χ4n) is 2.56. The van der Waals surface area contributed by atoms with Crippen molar-refractivity contribution in [3.8, 4) is 0 Å². The van der Waals surface area contributed by atoms with Gasteiger partial charge in [-0.1, -0.05) is 5.22 Å². The van der Waals surface area contributed by atoms with Crippen LogP contribution in [0.15, 0.2) is 22.6 Å². The molecule has 0 aromatic heterocycles. The number of halogens is 2. The lowest BCUT2D eigenvalue weighted by Crippen LogP contribution is -2.50. The Morgan fingerprint density at radius 1 is 1.38 bits per heavy atom. The van der Waals surface area contributed by atoms with E-state index in [1.54, 1.807) is 6.20 Å². The molecule has 0 unspecified atom stereocenters. The first kappa shape index (κ1) is 18.2. The van der Waals surface area contributed by atoms with Crippen LogP contribution in [-0.2, 0) is 4.79 Å². The van der Waals surface area contributed by atoms with Crippen LogP contribution in [0.25, 0.3) is 0 Å². The van der Waals surface area contributed by atoms with Crippen LogP contribution in [0.1, 0.15) is 6.42 Å². The minimum Gasteiger partial charge on any atom is -0.339 e. The van der Waals surface area contributed by atoms with Gasteiger partial charge >= 0.3 is 0 Å². The minimum atomic E-state index is -0.201. The Morgan fingerprint density at radius 2 is 2.10 bits per heavy atom. The Kier molecular flexibility index (Phi) is 6.40. The van der Waals surface area contributed by atoms with Gasteiger partial charge in [0.25, 0.3) is 0 Å². The molecule has 0 aromatic rings. The van der Waals surface area contributed by atoms with Gasteiger partial charge < -0.3 is 15.1 Å². The van der Waals surface area contributed by atoms with E-state index in [1.807, 2.05) is 11.0 Å². The van der Waals surface area contributed by atoms with Crippen LogP contribution in [0.2, 0.25) is 0 Å². The van der Waals surface area contributed by atoms with E-state index in [9.17, 15) is 4.79 Å². The van der Waals surface area contributed by atoms with Gasteiger partial charge in [0.15, 0.2) is 0 Å². The van der Waals surface area contributed by atoms with Crippen molar-refractivity contribution in [2.75, 3.05) is 39.8 Å². The molecule has 1 aliphatic carbocycles. The molecule has 7 nitrogen and oxygen atoms in total. The molecule has 0 bridgehead atoms. The maximum atomic E-state index is 12.1. The lowest BCUT2D eigenvalue weighted by molar-refractivity contribution is -0.131. The third-order valence-electron chi connectivity index (χ3n) is 4.07. The van der Waals surface area contributed by atoms with Crippen LogP contribution in [0.4, 0.5) is 0 Å². The highest BCUT2D eigenvalue weighted by Crippen LogP contribution is 2.42. The number of hydrogen-bond acceptors (Lipinski definition) is 6. The fraction of sp³-hybridized carbons (Fsp3) is 0.750. The van der Waals surface area contributed by atoms with E-state index in [-0.39, 0.29) is 42.3 Å². The second kappa shape index (κ2) is 7.40. The lowest BCUT2D eigenvalue weighted by Gasteiger charge is -2.32. The smallest absolute Gasteiger partial charge is 0.236 e. The molecular weight excluding hydrogens is 315 g/mol. The summed E-state index contributed by atoms with van der Waals surface area (Å²) >= 11 is 0. The van der Waals surface area contributed by atoms with Crippen LogP contribution in [-0.4, -0.2) is 67.1 Å². The van der Waals surface area contributed by atoms with Gasteiger partial charge in [-0.25, -0.2) is 0 Å². The number of hydrogen-bond donors (Lipinski definition) is 2. The number of nitrogens with one attached hydrogen (secondary N) is 2. The van der Waals surface area contributed by atoms with Gasteiger partial charge in [0, 0.05) is 38.4 Å². The second-order valence-electron chi connectivity index (χ2n) is 5.48. The average molecular weight is 337 g/mol. The van der Waals surface area contributed by atoms with Crippen LogP contribution >= 0.6 is 24.8 Å². The molecule has 3 rings (SSSR count). The first-order chi connectivity index (χ1) is 9.20. The van der Waals surface area contributed by atoms with Crippen LogP contribution in [0.5, 0.6) is 0 Å². The van der Waals surface area contributed by atoms with Gasteiger partial charge in [-0.15, -0.1) is 24.8 Å². The molecule has 1 spiro atoms. The summed E-state index contributed by atoms with van der Waals surface area (Å²) in [6.45, 7) is 3.98. The molecule has 2 aliphatic heterocycles. The number of carbonyl (C=O) groups excluding carboxylic acids is 1. The molecule has 1 saturated carbocycles. The van der Waals surface area contributed by atoms with Crippen molar-refractivity contribution in [3.63, 3.8) is 0 Å². The fourth-order valence-corrected chi connectivity index (χ4v) is 2.56. The molecule has 2 fully saturated rings. The highest BCUT2D eigenvalue weighted by molar-refractivity contribution is 5.85. The van der Waals surface area contributed by atoms with Gasteiger partial charge in [-0.2, -0.15) is 5.11 Å². The maximum absolute atomic E-state index is 12.1. The van der Waals surface area contributed by atoms with Gasteiger partial charge in [0.1, 0.15) is 5.54 Å². The number of carbonyl (C=O) groups is 1. The van der Waals surface area contributed by atoms with Crippen molar-refractivity contribution < 1.29 is 4.79 Å². The molecule has 1 amide bonds. The number of amides is 1. The Bertz CT molecular complexity index is 410. The Labute approximate surface area is 137 Å². The molecule has 9 heteroatoms. The summed E-state index contributed by atoms with van der Waals surface area (Å²) in [4.78, 5) is 16.2. The quantitative estimate of drug-likeness (QED) is 0.771. The summed E-state index contributed by atoms with van der Waals surface area (Å²) in [5.41, 5.74) is 2.49. The molecule has 120 valence electrons. The van der Waals surface area contributed by atoms with Gasteiger partial charge in [-0.3, -0.25) is 10.2 Å². The lowest BCUT2D eigenvalue weighted by atomic mass is 10.2. The summed E-state index contributed by atoms with van der Waals surface area (Å²) in [5.74, 6) is 0.185. The SMILES string of the molecule is CN1CCN(C(=O)CN[C@@H]2C[C@]23C=CNN=N3)CC1.Cl.Cl. The Morgan fingerprint density at radius 3 is 2.71 bits per heavy atom. The van der Waals surface area contributed by atoms with E-state index >= 15 is 0 Å². The Hall–Kier alpha value is -0.890. The highest BCUT2D eigenvalue weighted by atomic mass is 35.5. The summed E-state index contributed by atoms with van der Waals surface area (Å²) in [6, 6.07) is 0.242. The van der Waals surface area contributed by atoms with Crippen molar-refractivity contribution in [2.24, 2.45) is 10.3 Å². The van der Waals surface area contributed by atoms with Crippen molar-refractivity contribution in [2.45, 2.75) is 18.0 Å². The predicted octanol–water partition coefficient (Wildman–Crippen LogP) is 0.189. The summed E-state index contributed by atoms with van der Waals surface area (Å²) in [5, 5.41) is 11.3. The third kappa shape index (κ3) is 4.06. The number of piperazine rings is 1. The maximum Gasteiger partial charge on any atom is 0.236 e. The third-order valence-corrected chi connectivity index (χ3v) is 4.07. The van der Waals surface area contributed by atoms with E-state index in [0.717, 1.165) is 32.6 Å². The van der Waals surface area contributed by atoms with Gasteiger partial charge in [-0.05, 0) is 19.5 Å². The predicted molar refractivity (Wildman–Crippen MR) is 84.8 cm³/mol. The molecule has 2 N–H and O–H groups in total. The van der Waals surface area contributed by atoms with Crippen LogP contribution in [0.3, 0.4) is 0 Å². The van der Waals surface area contributed by atoms with Gasteiger partial charge in [0.05, 0.1) is 6.54 Å². The van der Waals surface area contributed by atoms with Crippen molar-refractivity contribution in [1.29, 1.82) is 0 Å². The average Bonchev–Trinajstić information content (AvgIpc) is 3.10. The molecule has 3 aliphatic rings. The standard InChI is InChI=1S/C12H20N6O.2ClH/c1-17-4-6-18(7-5-17)11(19)9-13-10-8-12(10)2-3-14-16-15-12;;/h2-3,10,13H,4-9H2,1H3,(H,14,15);2*1H/t10-,12-;;/m1../s1. The van der Waals surface area contributed by atoms with Crippen molar-refractivity contribution >= 4 is 30.7 Å². The zero-order valence-corrected chi connectivity index (χ0v) is 13.6. The zero-order valence-electron chi connectivity index (χ0n) is 12.0. The summed E-state index contributed by atoms with van der Waals surface area (Å²) in [7, 11) is 2.09. The van der Waals surface area contributed by atoms with E-state index < -0.39 is 0 Å². The number of nitrogens with zero attached hydrogens (tertiary/aromatic N) is 4. The molecule has 0 radical (unpaired) electrons. The largest absolute Gasteiger partial charge is 0.339 e. The monoisotopic (exact) mass is 336 g/mol. The minimum absolute atomic E-state index is 0. The molecule has 2 heterocycles. The molecular formula is C12H22Cl2N6O. The molecule has 2 atom stereocenters. The topological polar surface area (TPSA) is 72.3 Å². The second-order valence-corrected chi connectivity index (χ2v) is 5.48. The summed E-state index contributed by atoms with van der Waals surface area (Å²) < 4.78 is 0. The Balaban J connectivity index is 0.00000110. The van der Waals surface area contributed by atoms with E-state index in [4.69, 9.17) is 0 Å². The van der Waals surface area contributed by atoms with Crippen molar-refractivity contribution in [3.05, 3.63) is 12.3 Å². The molecule has 0 aromatic carbocycles. The van der Waals surface area contributed by atoms with E-state index in [1.165, 1.54) is 0 Å². The van der Waals surface area contributed by atoms with Crippen LogP contribution < -0.4 is 10.7 Å². The van der Waals surface area contributed by atoms with Crippen LogP contribution in [0, 0.1) is 0 Å². The number of rotatable bonds is 3. The molecule has 1 saturated heterocycles. The normalized spacial score (nSPS) is 30.3. The van der Waals surface area contributed by atoms with Gasteiger partial charge in [0.2, 0.25) is 5.91 Å². The first-order valence-corrected chi connectivity index (χ1v) is 6.74. The highest BCUT2D eigenvalue weighted by Gasteiger charge is 2.54. The number of likely N-dealkylation sites (N-methyl/N-ethyl adjacent to an activating group) is 1. The van der Waals surface area contributed by atoms with E-state index in [0.29, 0.717) is 6.54 Å². The summed E-state index contributed by atoms with van der Waals surface area (Å²) in [6.07, 6.45) is 4.74. The van der Waals surface area contributed by atoms with E-state index in [2.05, 4.69) is 33.0 Å². The zero-order chi connectivity index (χ0) is 13.3.